The first-order valence-corrected chi connectivity index (χ1v) is 14.6. The van der Waals surface area contributed by atoms with Crippen LogP contribution in [0, 0.1) is 0 Å². The molecule has 3 nitrogen and oxygen atoms in total. The van der Waals surface area contributed by atoms with Crippen molar-refractivity contribution in [1.82, 2.24) is 4.23 Å². The molecular formula is C17H29NO2Si2. The van der Waals surface area contributed by atoms with Gasteiger partial charge in [0.05, 0.1) is 6.42 Å². The Morgan fingerprint density at radius 1 is 1.14 bits per heavy atom. The molecule has 122 valence electrons. The Hall–Kier alpha value is -1.18. The second kappa shape index (κ2) is 7.39. The first-order valence-electron chi connectivity index (χ1n) is 7.73. The van der Waals surface area contributed by atoms with Gasteiger partial charge in [0.15, 0.2) is 0 Å². The molecule has 1 unspecified atom stereocenters. The molecule has 0 saturated carbocycles. The smallest absolute Gasteiger partial charge is 0.313 e. The molecule has 0 radical (unpaired) electrons. The zero-order valence-electron chi connectivity index (χ0n) is 14.7. The number of ether oxygens (including phenoxy) is 1. The third kappa shape index (κ3) is 5.55. The molecule has 0 fully saturated rings. The Morgan fingerprint density at radius 3 is 2.05 bits per heavy atom. The van der Waals surface area contributed by atoms with Gasteiger partial charge < -0.3 is 8.97 Å². The van der Waals surface area contributed by atoms with E-state index in [4.69, 9.17) is 4.74 Å². The standard InChI is InChI=1S/C17H29NO2Si2/c1-8-15(18(21(2,3)4)22(5,6)7)14-17(19)20-16-12-10-9-11-13-16/h8-13,15H,1,14H2,2-7H3. The van der Waals surface area contributed by atoms with Crippen LogP contribution >= 0.6 is 0 Å². The molecule has 0 aliphatic carbocycles. The van der Waals surface area contributed by atoms with Gasteiger partial charge in [-0.1, -0.05) is 63.6 Å². The number of carbonyl (C=O) groups excluding carboxylic acids is 1. The Kier molecular flexibility index (Phi) is 6.34. The molecule has 0 aliphatic heterocycles. The zero-order chi connectivity index (χ0) is 17.0. The molecule has 1 aromatic rings. The van der Waals surface area contributed by atoms with Crippen molar-refractivity contribution in [3.63, 3.8) is 0 Å². The number of hydrogen-bond donors (Lipinski definition) is 0. The molecule has 0 heterocycles. The molecule has 1 rings (SSSR count). The van der Waals surface area contributed by atoms with Crippen molar-refractivity contribution in [2.45, 2.75) is 51.7 Å². The van der Waals surface area contributed by atoms with E-state index in [1.165, 1.54) is 0 Å². The van der Waals surface area contributed by atoms with Crippen molar-refractivity contribution in [3.05, 3.63) is 43.0 Å². The molecule has 0 aliphatic rings. The van der Waals surface area contributed by atoms with E-state index in [1.54, 1.807) is 12.1 Å². The fourth-order valence-corrected chi connectivity index (χ4v) is 13.5. The average Bonchev–Trinajstić information content (AvgIpc) is 2.35. The van der Waals surface area contributed by atoms with Gasteiger partial charge in [-0.15, -0.1) is 6.58 Å². The molecule has 22 heavy (non-hydrogen) atoms. The number of hydrogen-bond acceptors (Lipinski definition) is 3. The summed E-state index contributed by atoms with van der Waals surface area (Å²) in [6.45, 7) is 17.9. The highest BCUT2D eigenvalue weighted by Gasteiger charge is 2.39. The molecule has 0 N–H and O–H groups in total. The lowest BCUT2D eigenvalue weighted by Gasteiger charge is -2.47. The highest BCUT2D eigenvalue weighted by atomic mass is 28.4. The normalized spacial score (nSPS) is 13.8. The van der Waals surface area contributed by atoms with Crippen molar-refractivity contribution in [1.29, 1.82) is 0 Å². The van der Waals surface area contributed by atoms with E-state index in [0.29, 0.717) is 12.2 Å². The molecule has 1 atom stereocenters. The van der Waals surface area contributed by atoms with Crippen LogP contribution in [0.25, 0.3) is 0 Å². The van der Waals surface area contributed by atoms with Crippen molar-refractivity contribution >= 4 is 22.4 Å². The SMILES string of the molecule is C=CC(CC(=O)Oc1ccccc1)N([Si](C)(C)C)[Si](C)(C)C. The van der Waals surface area contributed by atoms with Gasteiger partial charge in [-0.05, 0) is 12.1 Å². The third-order valence-corrected chi connectivity index (χ3v) is 11.0. The van der Waals surface area contributed by atoms with Gasteiger partial charge in [0, 0.05) is 6.04 Å². The minimum Gasteiger partial charge on any atom is -0.426 e. The Morgan fingerprint density at radius 2 is 1.64 bits per heavy atom. The van der Waals surface area contributed by atoms with Gasteiger partial charge in [-0.25, -0.2) is 0 Å². The number of esters is 1. The third-order valence-electron chi connectivity index (χ3n) is 3.40. The molecule has 0 spiro atoms. The van der Waals surface area contributed by atoms with Crippen LogP contribution in [0.5, 0.6) is 5.75 Å². The predicted molar refractivity (Wildman–Crippen MR) is 99.2 cm³/mol. The van der Waals surface area contributed by atoms with Crippen LogP contribution in [-0.4, -0.2) is 32.7 Å². The summed E-state index contributed by atoms with van der Waals surface area (Å²) in [6.07, 6.45) is 2.26. The first-order chi connectivity index (χ1) is 10.1. The number of rotatable bonds is 7. The predicted octanol–water partition coefficient (Wildman–Crippen LogP) is 4.51. The van der Waals surface area contributed by atoms with E-state index < -0.39 is 16.5 Å². The van der Waals surface area contributed by atoms with Gasteiger partial charge in [0.2, 0.25) is 0 Å². The monoisotopic (exact) mass is 335 g/mol. The molecule has 5 heteroatoms. The molecule has 0 saturated heterocycles. The van der Waals surface area contributed by atoms with Gasteiger partial charge in [0.25, 0.3) is 0 Å². The van der Waals surface area contributed by atoms with E-state index in [9.17, 15) is 4.79 Å². The average molecular weight is 336 g/mol. The minimum atomic E-state index is -1.55. The summed E-state index contributed by atoms with van der Waals surface area (Å²) < 4.78 is 8.02. The Balaban J connectivity index is 2.86. The summed E-state index contributed by atoms with van der Waals surface area (Å²) in [7, 11) is -3.10. The van der Waals surface area contributed by atoms with Crippen LogP contribution < -0.4 is 4.74 Å². The Labute approximate surface area is 137 Å². The second-order valence-electron chi connectivity index (χ2n) is 7.51. The second-order valence-corrected chi connectivity index (χ2v) is 17.6. The summed E-state index contributed by atoms with van der Waals surface area (Å²) in [5.41, 5.74) is 0. The fourth-order valence-electron chi connectivity index (χ4n) is 3.11. The van der Waals surface area contributed by atoms with Crippen LogP contribution in [0.4, 0.5) is 0 Å². The van der Waals surface area contributed by atoms with Crippen LogP contribution in [0.1, 0.15) is 6.42 Å². The summed E-state index contributed by atoms with van der Waals surface area (Å²) >= 11 is 0. The maximum Gasteiger partial charge on any atom is 0.313 e. The molecule has 0 bridgehead atoms. The van der Waals surface area contributed by atoms with E-state index in [-0.39, 0.29) is 12.0 Å². The minimum absolute atomic E-state index is 0.0505. The van der Waals surface area contributed by atoms with E-state index >= 15 is 0 Å². The number of nitrogens with zero attached hydrogens (tertiary/aromatic N) is 1. The van der Waals surface area contributed by atoms with Crippen molar-refractivity contribution < 1.29 is 9.53 Å². The summed E-state index contributed by atoms with van der Waals surface area (Å²) in [5, 5.41) is 0. The highest BCUT2D eigenvalue weighted by molar-refractivity contribution is 6.89. The number of para-hydroxylation sites is 1. The van der Waals surface area contributed by atoms with E-state index in [1.807, 2.05) is 24.3 Å². The lowest BCUT2D eigenvalue weighted by Crippen LogP contribution is -2.63. The lowest BCUT2D eigenvalue weighted by molar-refractivity contribution is -0.134. The van der Waals surface area contributed by atoms with Crippen molar-refractivity contribution in [2.24, 2.45) is 0 Å². The van der Waals surface area contributed by atoms with Crippen LogP contribution in [-0.2, 0) is 4.79 Å². The molecule has 1 aromatic carbocycles. The summed E-state index contributed by atoms with van der Waals surface area (Å²) in [5.74, 6) is 0.403. The zero-order valence-corrected chi connectivity index (χ0v) is 16.7. The maximum absolute atomic E-state index is 12.3. The summed E-state index contributed by atoms with van der Waals surface area (Å²) in [4.78, 5) is 12.3. The highest BCUT2D eigenvalue weighted by Crippen LogP contribution is 2.25. The quantitative estimate of drug-likeness (QED) is 0.318. The Bertz CT molecular complexity index is 490. The molecular weight excluding hydrogens is 306 g/mol. The van der Waals surface area contributed by atoms with Crippen molar-refractivity contribution in [3.8, 4) is 5.75 Å². The fraction of sp³-hybridized carbons (Fsp3) is 0.471. The van der Waals surface area contributed by atoms with Crippen molar-refractivity contribution in [2.75, 3.05) is 0 Å². The van der Waals surface area contributed by atoms with Crippen LogP contribution in [0.3, 0.4) is 0 Å². The van der Waals surface area contributed by atoms with Gasteiger partial charge >= 0.3 is 5.97 Å². The van der Waals surface area contributed by atoms with E-state index in [0.717, 1.165) is 0 Å². The van der Waals surface area contributed by atoms with Gasteiger partial charge in [0.1, 0.15) is 22.2 Å². The summed E-state index contributed by atoms with van der Waals surface area (Å²) in [6, 6.07) is 9.29. The van der Waals surface area contributed by atoms with Crippen LogP contribution in [0.2, 0.25) is 39.3 Å². The maximum atomic E-state index is 12.3. The van der Waals surface area contributed by atoms with E-state index in [2.05, 4.69) is 50.1 Å². The molecule has 0 aromatic heterocycles. The lowest BCUT2D eigenvalue weighted by atomic mass is 10.2. The van der Waals surface area contributed by atoms with Gasteiger partial charge in [-0.2, -0.15) is 0 Å². The molecule has 0 amide bonds. The number of carbonyl (C=O) groups is 1. The topological polar surface area (TPSA) is 29.5 Å². The largest absolute Gasteiger partial charge is 0.426 e. The van der Waals surface area contributed by atoms with Gasteiger partial charge in [-0.3, -0.25) is 4.79 Å². The first kappa shape index (κ1) is 18.9. The van der Waals surface area contributed by atoms with Crippen LogP contribution in [0.15, 0.2) is 43.0 Å². The number of benzene rings is 1.